The second-order valence-electron chi connectivity index (χ2n) is 5.96. The summed E-state index contributed by atoms with van der Waals surface area (Å²) in [5, 5.41) is 0.405. The molecule has 1 fully saturated rings. The lowest BCUT2D eigenvalue weighted by Gasteiger charge is -2.34. The third-order valence-electron chi connectivity index (χ3n) is 4.21. The highest BCUT2D eigenvalue weighted by molar-refractivity contribution is 6.31. The van der Waals surface area contributed by atoms with E-state index in [9.17, 15) is 14.4 Å². The Labute approximate surface area is 160 Å². The Morgan fingerprint density at radius 3 is 2.44 bits per heavy atom. The summed E-state index contributed by atoms with van der Waals surface area (Å²) in [6.45, 7) is 1.07. The van der Waals surface area contributed by atoms with Crippen molar-refractivity contribution in [3.05, 3.63) is 52.9 Å². The molecule has 1 aromatic carbocycles. The molecule has 27 heavy (non-hydrogen) atoms. The molecule has 2 N–H and O–H groups in total. The quantitative estimate of drug-likeness (QED) is 0.627. The van der Waals surface area contributed by atoms with Crippen LogP contribution in [0.4, 0.5) is 5.69 Å². The van der Waals surface area contributed by atoms with Crippen molar-refractivity contribution >= 4 is 35.1 Å². The molecule has 0 aliphatic carbocycles. The van der Waals surface area contributed by atoms with Gasteiger partial charge in [0.15, 0.2) is 12.4 Å². The normalized spacial score (nSPS) is 14.1. The molecule has 2 aromatic rings. The maximum Gasteiger partial charge on any atom is 0.340 e. The average molecular weight is 392 g/mol. The Bertz CT molecular complexity index is 845. The van der Waals surface area contributed by atoms with Crippen molar-refractivity contribution in [1.82, 2.24) is 9.80 Å². The number of piperazine rings is 1. The number of rotatable bonds is 4. The molecule has 1 saturated heterocycles. The van der Waals surface area contributed by atoms with E-state index in [4.69, 9.17) is 26.5 Å². The predicted molar refractivity (Wildman–Crippen MR) is 97.3 cm³/mol. The van der Waals surface area contributed by atoms with Gasteiger partial charge in [0.1, 0.15) is 0 Å². The van der Waals surface area contributed by atoms with Crippen molar-refractivity contribution in [1.29, 1.82) is 0 Å². The molecule has 0 spiro atoms. The molecule has 8 nitrogen and oxygen atoms in total. The number of benzene rings is 1. The van der Waals surface area contributed by atoms with Crippen LogP contribution in [-0.2, 0) is 9.53 Å². The van der Waals surface area contributed by atoms with Crippen LogP contribution in [0.15, 0.2) is 41.0 Å². The fourth-order valence-corrected chi connectivity index (χ4v) is 2.91. The molecule has 1 aromatic heterocycles. The number of amides is 2. The van der Waals surface area contributed by atoms with Gasteiger partial charge in [-0.1, -0.05) is 11.6 Å². The number of furan rings is 1. The van der Waals surface area contributed by atoms with Crippen molar-refractivity contribution in [2.45, 2.75) is 0 Å². The monoisotopic (exact) mass is 391 g/mol. The van der Waals surface area contributed by atoms with Gasteiger partial charge in [-0.2, -0.15) is 0 Å². The van der Waals surface area contributed by atoms with Crippen LogP contribution in [0.2, 0.25) is 5.02 Å². The number of nitrogens with zero attached hydrogens (tertiary/aromatic N) is 2. The van der Waals surface area contributed by atoms with E-state index in [-0.39, 0.29) is 28.8 Å². The molecule has 0 bridgehead atoms. The summed E-state index contributed by atoms with van der Waals surface area (Å²) in [5.74, 6) is -0.967. The summed E-state index contributed by atoms with van der Waals surface area (Å²) in [6.07, 6.45) is 1.44. The van der Waals surface area contributed by atoms with E-state index in [1.165, 1.54) is 24.5 Å². The number of ether oxygens (including phenoxy) is 1. The molecule has 9 heteroatoms. The molecule has 0 atom stereocenters. The van der Waals surface area contributed by atoms with Crippen molar-refractivity contribution in [2.24, 2.45) is 0 Å². The highest BCUT2D eigenvalue weighted by Gasteiger charge is 2.26. The molecule has 1 aliphatic heterocycles. The summed E-state index contributed by atoms with van der Waals surface area (Å²) in [4.78, 5) is 39.7. The molecule has 0 radical (unpaired) electrons. The zero-order chi connectivity index (χ0) is 19.4. The van der Waals surface area contributed by atoms with Crippen LogP contribution in [0.5, 0.6) is 0 Å². The third-order valence-corrected chi connectivity index (χ3v) is 4.45. The van der Waals surface area contributed by atoms with Crippen LogP contribution >= 0.6 is 11.6 Å². The van der Waals surface area contributed by atoms with Crippen LogP contribution in [-0.4, -0.2) is 60.4 Å². The van der Waals surface area contributed by atoms with Crippen LogP contribution in [0.25, 0.3) is 0 Å². The molecular weight excluding hydrogens is 374 g/mol. The topological polar surface area (TPSA) is 106 Å². The fraction of sp³-hybridized carbons (Fsp3) is 0.278. The van der Waals surface area contributed by atoms with Gasteiger partial charge in [0.2, 0.25) is 0 Å². The minimum atomic E-state index is -0.691. The van der Waals surface area contributed by atoms with Crippen LogP contribution in [0.1, 0.15) is 20.9 Å². The Balaban J connectivity index is 1.48. The number of anilines is 1. The number of halogens is 1. The second-order valence-corrected chi connectivity index (χ2v) is 6.39. The van der Waals surface area contributed by atoms with Gasteiger partial charge in [-0.25, -0.2) is 4.79 Å². The summed E-state index contributed by atoms with van der Waals surface area (Å²) < 4.78 is 10.1. The first-order valence-electron chi connectivity index (χ1n) is 8.28. The number of esters is 1. The van der Waals surface area contributed by atoms with Crippen molar-refractivity contribution in [3.8, 4) is 0 Å². The van der Waals surface area contributed by atoms with Gasteiger partial charge in [-0.05, 0) is 30.3 Å². The predicted octanol–water partition coefficient (Wildman–Crippen LogP) is 1.66. The Morgan fingerprint density at radius 1 is 1.11 bits per heavy atom. The van der Waals surface area contributed by atoms with E-state index in [2.05, 4.69) is 0 Å². The lowest BCUT2D eigenvalue weighted by molar-refractivity contribution is -0.136. The van der Waals surface area contributed by atoms with E-state index >= 15 is 0 Å². The lowest BCUT2D eigenvalue weighted by Crippen LogP contribution is -2.51. The number of carbonyl (C=O) groups excluding carboxylic acids is 3. The average Bonchev–Trinajstić information content (AvgIpc) is 3.20. The molecule has 142 valence electrons. The smallest absolute Gasteiger partial charge is 0.340 e. The molecule has 3 rings (SSSR count). The first kappa shape index (κ1) is 18.8. The first-order chi connectivity index (χ1) is 13.0. The van der Waals surface area contributed by atoms with Crippen molar-refractivity contribution in [2.75, 3.05) is 38.5 Å². The van der Waals surface area contributed by atoms with Gasteiger partial charge in [0, 0.05) is 36.9 Å². The standard InChI is InChI=1S/C18H18ClN3O5/c19-12-3-4-13(14(20)10-12)18(25)27-11-16(23)21-5-7-22(8-6-21)17(24)15-2-1-9-26-15/h1-4,9-10H,5-8,11,20H2. The van der Waals surface area contributed by atoms with E-state index in [0.717, 1.165) is 0 Å². The summed E-state index contributed by atoms with van der Waals surface area (Å²) in [5.41, 5.74) is 6.07. The maximum absolute atomic E-state index is 12.3. The van der Waals surface area contributed by atoms with Crippen LogP contribution < -0.4 is 5.73 Å². The van der Waals surface area contributed by atoms with Gasteiger partial charge in [0.25, 0.3) is 11.8 Å². The summed E-state index contributed by atoms with van der Waals surface area (Å²) in [7, 11) is 0. The van der Waals surface area contributed by atoms with E-state index in [0.29, 0.717) is 31.2 Å². The van der Waals surface area contributed by atoms with E-state index in [1.54, 1.807) is 21.9 Å². The van der Waals surface area contributed by atoms with Crippen molar-refractivity contribution < 1.29 is 23.5 Å². The van der Waals surface area contributed by atoms with Gasteiger partial charge < -0.3 is 24.7 Å². The third kappa shape index (κ3) is 4.40. The first-order valence-corrected chi connectivity index (χ1v) is 8.66. The zero-order valence-corrected chi connectivity index (χ0v) is 15.1. The molecule has 1 aliphatic rings. The van der Waals surface area contributed by atoms with Gasteiger partial charge in [-0.15, -0.1) is 0 Å². The number of nitrogens with two attached hydrogens (primary N) is 1. The highest BCUT2D eigenvalue weighted by atomic mass is 35.5. The van der Waals surface area contributed by atoms with E-state index < -0.39 is 12.6 Å². The fourth-order valence-electron chi connectivity index (χ4n) is 2.73. The van der Waals surface area contributed by atoms with Crippen LogP contribution in [0.3, 0.4) is 0 Å². The van der Waals surface area contributed by atoms with E-state index in [1.807, 2.05) is 0 Å². The molecule has 2 heterocycles. The summed E-state index contributed by atoms with van der Waals surface area (Å²) in [6, 6.07) is 7.65. The second kappa shape index (κ2) is 8.13. The Morgan fingerprint density at radius 2 is 1.81 bits per heavy atom. The summed E-state index contributed by atoms with van der Waals surface area (Å²) >= 11 is 5.79. The van der Waals surface area contributed by atoms with Gasteiger partial charge in [-0.3, -0.25) is 9.59 Å². The molecule has 2 amide bonds. The Hall–Kier alpha value is -3.00. The maximum atomic E-state index is 12.3. The highest BCUT2D eigenvalue weighted by Crippen LogP contribution is 2.19. The van der Waals surface area contributed by atoms with Crippen molar-refractivity contribution in [3.63, 3.8) is 0 Å². The minimum absolute atomic E-state index is 0.154. The zero-order valence-electron chi connectivity index (χ0n) is 14.4. The van der Waals surface area contributed by atoms with Gasteiger partial charge in [0.05, 0.1) is 11.8 Å². The number of nitrogen functional groups attached to an aromatic ring is 1. The molecular formula is C18H18ClN3O5. The largest absolute Gasteiger partial charge is 0.459 e. The van der Waals surface area contributed by atoms with Gasteiger partial charge >= 0.3 is 5.97 Å². The van der Waals surface area contributed by atoms with Crippen LogP contribution in [0, 0.1) is 0 Å². The lowest BCUT2D eigenvalue weighted by atomic mass is 10.2. The SMILES string of the molecule is Nc1cc(Cl)ccc1C(=O)OCC(=O)N1CCN(C(=O)c2ccco2)CC1. The number of carbonyl (C=O) groups is 3. The number of hydrogen-bond acceptors (Lipinski definition) is 6. The number of hydrogen-bond donors (Lipinski definition) is 1. The molecule has 0 saturated carbocycles. The Kier molecular flexibility index (Phi) is 5.66. The minimum Gasteiger partial charge on any atom is -0.459 e. The molecule has 0 unspecified atom stereocenters.